The summed E-state index contributed by atoms with van der Waals surface area (Å²) in [6, 6.07) is 8.30. The molecule has 6 nitrogen and oxygen atoms in total. The van der Waals surface area contributed by atoms with E-state index in [1.165, 1.54) is 30.2 Å². The molecule has 1 saturated carbocycles. The Bertz CT molecular complexity index is 1160. The highest BCUT2D eigenvalue weighted by Gasteiger charge is 2.24. The Morgan fingerprint density at radius 1 is 1.24 bits per heavy atom. The lowest BCUT2D eigenvalue weighted by molar-refractivity contribution is 0.0945. The van der Waals surface area contributed by atoms with E-state index in [1.807, 2.05) is 18.2 Å². The predicted octanol–water partition coefficient (Wildman–Crippen LogP) is 4.84. The molecule has 1 aromatic heterocycles. The van der Waals surface area contributed by atoms with Gasteiger partial charge in [0.2, 0.25) is 0 Å². The van der Waals surface area contributed by atoms with E-state index in [-0.39, 0.29) is 17.8 Å². The van der Waals surface area contributed by atoms with E-state index in [0.717, 1.165) is 17.7 Å². The number of hydrogen-bond acceptors (Lipinski definition) is 6. The van der Waals surface area contributed by atoms with Crippen molar-refractivity contribution in [2.75, 3.05) is 13.7 Å². The van der Waals surface area contributed by atoms with E-state index in [9.17, 15) is 13.6 Å². The Morgan fingerprint density at radius 3 is 2.70 bits per heavy atom. The molecule has 4 rings (SSSR count). The molecule has 33 heavy (non-hydrogen) atoms. The van der Waals surface area contributed by atoms with Gasteiger partial charge in [0.15, 0.2) is 11.5 Å². The highest BCUT2D eigenvalue weighted by atomic mass is 32.1. The number of benzene rings is 2. The third-order valence-electron chi connectivity index (χ3n) is 5.32. The van der Waals surface area contributed by atoms with Gasteiger partial charge in [0.05, 0.1) is 18.6 Å². The number of carbonyl (C=O) groups excluding carboxylic acids is 1. The van der Waals surface area contributed by atoms with Crippen molar-refractivity contribution in [2.45, 2.75) is 32.4 Å². The fourth-order valence-corrected chi connectivity index (χ4v) is 4.28. The van der Waals surface area contributed by atoms with E-state index in [0.29, 0.717) is 33.9 Å². The zero-order valence-electron chi connectivity index (χ0n) is 18.4. The van der Waals surface area contributed by atoms with Crippen LogP contribution >= 0.6 is 11.3 Å². The van der Waals surface area contributed by atoms with Crippen LogP contribution in [0.15, 0.2) is 36.4 Å². The van der Waals surface area contributed by atoms with Crippen molar-refractivity contribution in [2.24, 2.45) is 11.7 Å². The average Bonchev–Trinajstić information content (AvgIpc) is 3.51. The molecule has 0 aliphatic heterocycles. The number of halogens is 2. The molecule has 1 fully saturated rings. The van der Waals surface area contributed by atoms with Crippen LogP contribution in [-0.4, -0.2) is 24.6 Å². The van der Waals surface area contributed by atoms with Gasteiger partial charge in [-0.15, -0.1) is 11.3 Å². The molecular weight excluding hydrogens is 448 g/mol. The summed E-state index contributed by atoms with van der Waals surface area (Å²) in [4.78, 5) is 18.0. The fourth-order valence-electron chi connectivity index (χ4n) is 3.27. The maximum atomic E-state index is 13.9. The highest BCUT2D eigenvalue weighted by molar-refractivity contribution is 7.15. The molecule has 2 aromatic carbocycles. The summed E-state index contributed by atoms with van der Waals surface area (Å²) >= 11 is 1.32. The zero-order chi connectivity index (χ0) is 23.5. The second kappa shape index (κ2) is 9.84. The molecule has 1 atom stereocenters. The summed E-state index contributed by atoms with van der Waals surface area (Å²) in [5, 5.41) is 3.26. The second-order valence-electron chi connectivity index (χ2n) is 8.06. The Balaban J connectivity index is 1.56. The summed E-state index contributed by atoms with van der Waals surface area (Å²) in [6.45, 7) is 2.31. The second-order valence-corrected chi connectivity index (χ2v) is 9.09. The van der Waals surface area contributed by atoms with E-state index in [1.54, 1.807) is 14.0 Å². The summed E-state index contributed by atoms with van der Waals surface area (Å²) in [5.74, 6) is -0.0409. The lowest BCUT2D eigenvalue weighted by atomic mass is 10.2. The van der Waals surface area contributed by atoms with Gasteiger partial charge in [0, 0.05) is 29.8 Å². The molecule has 0 radical (unpaired) electrons. The highest BCUT2D eigenvalue weighted by Crippen LogP contribution is 2.38. The van der Waals surface area contributed by atoms with Gasteiger partial charge < -0.3 is 20.5 Å². The largest absolute Gasteiger partial charge is 0.493 e. The first-order valence-corrected chi connectivity index (χ1v) is 11.5. The third kappa shape index (κ3) is 5.48. The lowest BCUT2D eigenvalue weighted by Crippen LogP contribution is -2.25. The summed E-state index contributed by atoms with van der Waals surface area (Å²) in [7, 11) is 1.59. The first-order valence-electron chi connectivity index (χ1n) is 10.7. The maximum absolute atomic E-state index is 13.9. The fraction of sp³-hybridized carbons (Fsp3) is 0.333. The number of rotatable bonds is 9. The Kier molecular flexibility index (Phi) is 6.90. The smallest absolute Gasteiger partial charge is 0.271 e. The molecule has 9 heteroatoms. The van der Waals surface area contributed by atoms with Gasteiger partial charge in [-0.05, 0) is 49.9 Å². The van der Waals surface area contributed by atoms with Gasteiger partial charge in [-0.3, -0.25) is 4.79 Å². The number of amides is 1. The first-order chi connectivity index (χ1) is 15.9. The van der Waals surface area contributed by atoms with Crippen LogP contribution in [0.5, 0.6) is 11.5 Å². The van der Waals surface area contributed by atoms with E-state index in [4.69, 9.17) is 15.2 Å². The number of nitrogens with one attached hydrogen (secondary N) is 1. The SMILES string of the molecule is COc1ccc(-c2nc(C(=O)NCc3ccc(F)cc3F)c([C@H](C)N)s2)cc1OCC1CC1. The van der Waals surface area contributed by atoms with Gasteiger partial charge in [-0.25, -0.2) is 13.8 Å². The van der Waals surface area contributed by atoms with Crippen molar-refractivity contribution in [3.63, 3.8) is 0 Å². The molecule has 0 unspecified atom stereocenters. The van der Waals surface area contributed by atoms with Gasteiger partial charge in [-0.1, -0.05) is 6.07 Å². The number of nitrogens with zero attached hydrogens (tertiary/aromatic N) is 1. The molecule has 1 heterocycles. The van der Waals surface area contributed by atoms with Crippen molar-refractivity contribution in [3.05, 3.63) is 64.2 Å². The molecule has 0 saturated heterocycles. The van der Waals surface area contributed by atoms with Crippen LogP contribution in [0.25, 0.3) is 10.6 Å². The monoisotopic (exact) mass is 473 g/mol. The van der Waals surface area contributed by atoms with Crippen LogP contribution in [-0.2, 0) is 6.54 Å². The number of ether oxygens (including phenoxy) is 2. The van der Waals surface area contributed by atoms with E-state index in [2.05, 4.69) is 10.3 Å². The summed E-state index contributed by atoms with van der Waals surface area (Å²) < 4.78 is 38.4. The molecule has 1 aliphatic rings. The molecule has 174 valence electrons. The number of hydrogen-bond donors (Lipinski definition) is 2. The van der Waals surface area contributed by atoms with Crippen molar-refractivity contribution < 1.29 is 23.0 Å². The summed E-state index contributed by atoms with van der Waals surface area (Å²) in [6.07, 6.45) is 2.35. The molecular formula is C24H25F2N3O3S. The van der Waals surface area contributed by atoms with Gasteiger partial charge in [0.1, 0.15) is 22.3 Å². The molecule has 0 spiro atoms. The van der Waals surface area contributed by atoms with Crippen LogP contribution < -0.4 is 20.5 Å². The van der Waals surface area contributed by atoms with Crippen LogP contribution in [0.3, 0.4) is 0 Å². The summed E-state index contributed by atoms with van der Waals surface area (Å²) in [5.41, 5.74) is 7.23. The van der Waals surface area contributed by atoms with E-state index >= 15 is 0 Å². The molecule has 1 amide bonds. The lowest BCUT2D eigenvalue weighted by Gasteiger charge is -2.11. The van der Waals surface area contributed by atoms with Crippen molar-refractivity contribution in [1.29, 1.82) is 0 Å². The Hall–Kier alpha value is -3.04. The van der Waals surface area contributed by atoms with Crippen LogP contribution in [0.4, 0.5) is 8.78 Å². The minimum Gasteiger partial charge on any atom is -0.493 e. The Morgan fingerprint density at radius 2 is 2.03 bits per heavy atom. The predicted molar refractivity (Wildman–Crippen MR) is 122 cm³/mol. The van der Waals surface area contributed by atoms with Crippen LogP contribution in [0.2, 0.25) is 0 Å². The van der Waals surface area contributed by atoms with Gasteiger partial charge in [0.25, 0.3) is 5.91 Å². The quantitative estimate of drug-likeness (QED) is 0.465. The topological polar surface area (TPSA) is 86.5 Å². The van der Waals surface area contributed by atoms with Crippen LogP contribution in [0.1, 0.15) is 46.7 Å². The van der Waals surface area contributed by atoms with Gasteiger partial charge in [-0.2, -0.15) is 0 Å². The normalized spacial score (nSPS) is 14.1. The molecule has 0 bridgehead atoms. The van der Waals surface area contributed by atoms with E-state index < -0.39 is 23.6 Å². The average molecular weight is 474 g/mol. The van der Waals surface area contributed by atoms with Gasteiger partial charge >= 0.3 is 0 Å². The number of thiazole rings is 1. The van der Waals surface area contributed by atoms with Crippen molar-refractivity contribution in [1.82, 2.24) is 10.3 Å². The van der Waals surface area contributed by atoms with Crippen molar-refractivity contribution in [3.8, 4) is 22.1 Å². The zero-order valence-corrected chi connectivity index (χ0v) is 19.2. The van der Waals surface area contributed by atoms with Crippen LogP contribution in [0, 0.1) is 17.6 Å². The number of carbonyl (C=O) groups is 1. The molecule has 3 N–H and O–H groups in total. The third-order valence-corrected chi connectivity index (χ3v) is 6.62. The number of nitrogens with two attached hydrogens (primary N) is 1. The first kappa shape index (κ1) is 23.1. The Labute approximate surface area is 194 Å². The maximum Gasteiger partial charge on any atom is 0.271 e. The number of methoxy groups -OCH3 is 1. The molecule has 3 aromatic rings. The minimum absolute atomic E-state index is 0.0993. The minimum atomic E-state index is -0.723. The standard InChI is InChI=1S/C24H25F2N3O3S/c1-13(27)22-21(23(30)28-11-16-5-7-17(25)10-18(16)26)29-24(33-22)15-6-8-19(31-2)20(9-15)32-12-14-3-4-14/h5-10,13-14H,3-4,11-12,27H2,1-2H3,(H,28,30)/t13-/m0/s1. The number of aromatic nitrogens is 1. The van der Waals surface area contributed by atoms with Crippen molar-refractivity contribution >= 4 is 17.2 Å². The molecule has 1 aliphatic carbocycles.